The predicted molar refractivity (Wildman–Crippen MR) is 72.1 cm³/mol. The van der Waals surface area contributed by atoms with Gasteiger partial charge >= 0.3 is 0 Å². The van der Waals surface area contributed by atoms with Crippen LogP contribution in [0.3, 0.4) is 0 Å². The molecule has 0 saturated heterocycles. The Labute approximate surface area is 109 Å². The highest BCUT2D eigenvalue weighted by molar-refractivity contribution is 5.25. The first-order valence-electron chi connectivity index (χ1n) is 7.28. The molecule has 1 aromatic carbocycles. The summed E-state index contributed by atoms with van der Waals surface area (Å²) in [5, 5.41) is 3.72. The van der Waals surface area contributed by atoms with Crippen LogP contribution in [-0.4, -0.2) is 12.1 Å². The van der Waals surface area contributed by atoms with E-state index in [1.807, 2.05) is 12.1 Å². The van der Waals surface area contributed by atoms with Crippen molar-refractivity contribution in [1.82, 2.24) is 5.32 Å². The molecular formula is C16H22FN. The predicted octanol–water partition coefficient (Wildman–Crippen LogP) is 3.85. The zero-order chi connectivity index (χ0) is 12.5. The van der Waals surface area contributed by atoms with Crippen molar-refractivity contribution in [1.29, 1.82) is 0 Å². The Morgan fingerprint density at radius 2 is 2.00 bits per heavy atom. The highest BCUT2D eigenvalue weighted by atomic mass is 19.1. The second-order valence-corrected chi connectivity index (χ2v) is 5.94. The number of nitrogens with one attached hydrogen (secondary N) is 1. The van der Waals surface area contributed by atoms with Crippen molar-refractivity contribution in [2.45, 2.75) is 57.0 Å². The average Bonchev–Trinajstić information content (AvgIpc) is 3.03. The molecule has 2 unspecified atom stereocenters. The molecule has 3 rings (SSSR count). The van der Waals surface area contributed by atoms with E-state index in [-0.39, 0.29) is 5.82 Å². The summed E-state index contributed by atoms with van der Waals surface area (Å²) in [6, 6.07) is 8.61. The minimum atomic E-state index is -0.0313. The quantitative estimate of drug-likeness (QED) is 0.833. The van der Waals surface area contributed by atoms with Crippen LogP contribution in [0.25, 0.3) is 0 Å². The van der Waals surface area contributed by atoms with Gasteiger partial charge in [-0.25, -0.2) is 4.39 Å². The molecule has 0 aromatic heterocycles. The van der Waals surface area contributed by atoms with Gasteiger partial charge in [0, 0.05) is 12.1 Å². The Bertz CT molecular complexity index is 411. The van der Waals surface area contributed by atoms with Gasteiger partial charge in [-0.1, -0.05) is 31.5 Å². The third-order valence-electron chi connectivity index (χ3n) is 4.51. The summed E-state index contributed by atoms with van der Waals surface area (Å²) in [6.07, 6.45) is 6.23. The molecule has 18 heavy (non-hydrogen) atoms. The maximum Gasteiger partial charge on any atom is 0.126 e. The number of hydrogen-bond donors (Lipinski definition) is 1. The van der Waals surface area contributed by atoms with Crippen molar-refractivity contribution in [3.8, 4) is 0 Å². The molecule has 2 aliphatic carbocycles. The maximum absolute atomic E-state index is 13.6. The van der Waals surface area contributed by atoms with Gasteiger partial charge in [-0.3, -0.25) is 0 Å². The third-order valence-corrected chi connectivity index (χ3v) is 4.51. The molecule has 1 aromatic rings. The smallest absolute Gasteiger partial charge is 0.126 e. The molecule has 0 aliphatic heterocycles. The minimum Gasteiger partial charge on any atom is -0.311 e. The SMILES string of the molecule is CCCC1CC1NC1CC(c2ccccc2F)C1. The van der Waals surface area contributed by atoms with Crippen molar-refractivity contribution in [2.75, 3.05) is 0 Å². The Morgan fingerprint density at radius 3 is 2.72 bits per heavy atom. The molecule has 0 spiro atoms. The van der Waals surface area contributed by atoms with E-state index in [9.17, 15) is 4.39 Å². The van der Waals surface area contributed by atoms with Crippen molar-refractivity contribution in [3.63, 3.8) is 0 Å². The average molecular weight is 247 g/mol. The second-order valence-electron chi connectivity index (χ2n) is 5.94. The lowest BCUT2D eigenvalue weighted by atomic mass is 9.75. The molecule has 2 saturated carbocycles. The number of hydrogen-bond acceptors (Lipinski definition) is 1. The fourth-order valence-corrected chi connectivity index (χ4v) is 3.26. The van der Waals surface area contributed by atoms with E-state index in [1.165, 1.54) is 19.3 Å². The Morgan fingerprint density at radius 1 is 1.22 bits per heavy atom. The van der Waals surface area contributed by atoms with Gasteiger partial charge in [-0.15, -0.1) is 0 Å². The molecule has 0 radical (unpaired) electrons. The van der Waals surface area contributed by atoms with Crippen molar-refractivity contribution in [2.24, 2.45) is 5.92 Å². The van der Waals surface area contributed by atoms with E-state index in [0.717, 1.165) is 30.4 Å². The van der Waals surface area contributed by atoms with Crippen molar-refractivity contribution in [3.05, 3.63) is 35.6 Å². The summed E-state index contributed by atoms with van der Waals surface area (Å²) < 4.78 is 13.6. The topological polar surface area (TPSA) is 12.0 Å². The molecule has 1 nitrogen and oxygen atoms in total. The molecule has 1 N–H and O–H groups in total. The molecule has 2 atom stereocenters. The van der Waals surface area contributed by atoms with Gasteiger partial charge in [-0.2, -0.15) is 0 Å². The van der Waals surface area contributed by atoms with Crippen molar-refractivity contribution < 1.29 is 4.39 Å². The van der Waals surface area contributed by atoms with Gasteiger partial charge in [-0.05, 0) is 49.1 Å². The summed E-state index contributed by atoms with van der Waals surface area (Å²) >= 11 is 0. The largest absolute Gasteiger partial charge is 0.311 e. The maximum atomic E-state index is 13.6. The second kappa shape index (κ2) is 5.00. The van der Waals surface area contributed by atoms with Crippen LogP contribution in [0, 0.1) is 11.7 Å². The van der Waals surface area contributed by atoms with E-state index < -0.39 is 0 Å². The molecule has 0 amide bonds. The number of halogens is 1. The zero-order valence-corrected chi connectivity index (χ0v) is 11.0. The van der Waals surface area contributed by atoms with Gasteiger partial charge in [0.25, 0.3) is 0 Å². The molecular weight excluding hydrogens is 225 g/mol. The standard InChI is InChI=1S/C16H22FN/c1-2-5-11-10-16(11)18-13-8-12(9-13)14-6-3-4-7-15(14)17/h3-4,6-7,11-13,16,18H,2,5,8-10H2,1H3. The van der Waals surface area contributed by atoms with E-state index in [4.69, 9.17) is 0 Å². The van der Waals surface area contributed by atoms with Crippen LogP contribution in [0.5, 0.6) is 0 Å². The van der Waals surface area contributed by atoms with Crippen LogP contribution in [0.1, 0.15) is 50.5 Å². The van der Waals surface area contributed by atoms with Crippen molar-refractivity contribution >= 4 is 0 Å². The van der Waals surface area contributed by atoms with Gasteiger partial charge in [0.05, 0.1) is 0 Å². The third kappa shape index (κ3) is 2.44. The molecule has 2 fully saturated rings. The van der Waals surface area contributed by atoms with Crippen LogP contribution in [0.2, 0.25) is 0 Å². The Kier molecular flexibility index (Phi) is 3.38. The lowest BCUT2D eigenvalue weighted by Crippen LogP contribution is -2.42. The fourth-order valence-electron chi connectivity index (χ4n) is 3.26. The number of benzene rings is 1. The molecule has 2 aliphatic rings. The van der Waals surface area contributed by atoms with E-state index in [0.29, 0.717) is 12.0 Å². The minimum absolute atomic E-state index is 0.0313. The van der Waals surface area contributed by atoms with Crippen LogP contribution in [0.4, 0.5) is 4.39 Å². The first kappa shape index (κ1) is 12.2. The molecule has 0 bridgehead atoms. The Balaban J connectivity index is 1.45. The lowest BCUT2D eigenvalue weighted by Gasteiger charge is -2.36. The van der Waals surface area contributed by atoms with Crippen LogP contribution in [-0.2, 0) is 0 Å². The summed E-state index contributed by atoms with van der Waals surface area (Å²) in [4.78, 5) is 0. The Hall–Kier alpha value is -0.890. The lowest BCUT2D eigenvalue weighted by molar-refractivity contribution is 0.279. The summed E-state index contributed by atoms with van der Waals surface area (Å²) in [6.45, 7) is 2.26. The van der Waals surface area contributed by atoms with Gasteiger partial charge < -0.3 is 5.32 Å². The highest BCUT2D eigenvalue weighted by Gasteiger charge is 2.40. The summed E-state index contributed by atoms with van der Waals surface area (Å²) in [7, 11) is 0. The normalized spacial score (nSPS) is 34.1. The first-order chi connectivity index (χ1) is 8.78. The summed E-state index contributed by atoms with van der Waals surface area (Å²) in [5.41, 5.74) is 0.913. The van der Waals surface area contributed by atoms with E-state index >= 15 is 0 Å². The van der Waals surface area contributed by atoms with Crippen LogP contribution in [0.15, 0.2) is 24.3 Å². The monoisotopic (exact) mass is 247 g/mol. The molecule has 98 valence electrons. The van der Waals surface area contributed by atoms with E-state index in [1.54, 1.807) is 12.1 Å². The van der Waals surface area contributed by atoms with Gasteiger partial charge in [0.2, 0.25) is 0 Å². The zero-order valence-electron chi connectivity index (χ0n) is 11.0. The van der Waals surface area contributed by atoms with Crippen LogP contribution >= 0.6 is 0 Å². The number of rotatable bonds is 5. The van der Waals surface area contributed by atoms with E-state index in [2.05, 4.69) is 12.2 Å². The van der Waals surface area contributed by atoms with Gasteiger partial charge in [0.1, 0.15) is 5.82 Å². The summed E-state index contributed by atoms with van der Waals surface area (Å²) in [5.74, 6) is 1.32. The fraction of sp³-hybridized carbons (Fsp3) is 0.625. The molecule has 0 heterocycles. The first-order valence-corrected chi connectivity index (χ1v) is 7.28. The van der Waals surface area contributed by atoms with Crippen LogP contribution < -0.4 is 5.32 Å². The van der Waals surface area contributed by atoms with Gasteiger partial charge in [0.15, 0.2) is 0 Å². The highest BCUT2D eigenvalue weighted by Crippen LogP contribution is 2.41. The molecule has 2 heteroatoms.